The summed E-state index contributed by atoms with van der Waals surface area (Å²) in [5.41, 5.74) is 1.89. The van der Waals surface area contributed by atoms with Crippen LogP contribution in [0, 0.1) is 0 Å². The van der Waals surface area contributed by atoms with Gasteiger partial charge >= 0.3 is 33.0 Å². The minimum absolute atomic E-state index is 0.569. The fourth-order valence-corrected chi connectivity index (χ4v) is 2.37. The summed E-state index contributed by atoms with van der Waals surface area (Å²) in [6.45, 7) is 1.88. The van der Waals surface area contributed by atoms with Gasteiger partial charge in [-0.05, 0) is 24.3 Å². The van der Waals surface area contributed by atoms with E-state index >= 15 is 0 Å². The Labute approximate surface area is 163 Å². The van der Waals surface area contributed by atoms with Crippen molar-refractivity contribution in [2.45, 2.75) is 0 Å². The number of benzene rings is 2. The summed E-state index contributed by atoms with van der Waals surface area (Å²) in [6, 6.07) is 20.0. The molecule has 0 unspecified atom stereocenters. The Morgan fingerprint density at radius 1 is 0.720 bits per heavy atom. The number of piperazine rings is 1. The Balaban J connectivity index is 0.000000701. The number of likely N-dealkylation sites (N-methyl/N-ethyl adjacent to an activating group) is 2. The maximum atomic E-state index is 4.80. The summed E-state index contributed by atoms with van der Waals surface area (Å²) in [6.07, 6.45) is 0. The quantitative estimate of drug-likeness (QED) is 0.658. The first kappa shape index (κ1) is 19.8. The van der Waals surface area contributed by atoms with Gasteiger partial charge < -0.3 is 9.80 Å². The standard InChI is InChI=1S/C18H20N4.2ClH.Ni/c1-21-13-14-22(2)18(20-16-11-7-4-8-12-16)17(21)19-15-9-5-3-6-10-15;;;/h3-12H,13-14H2,1-2H3;2*1H;/q;;;+2/p-2. The van der Waals surface area contributed by atoms with E-state index in [-0.39, 0.29) is 0 Å². The van der Waals surface area contributed by atoms with Gasteiger partial charge in [0.2, 0.25) is 0 Å². The molecule has 0 spiro atoms. The zero-order valence-corrected chi connectivity index (χ0v) is 16.5. The van der Waals surface area contributed by atoms with Crippen LogP contribution in [0.1, 0.15) is 0 Å². The molecule has 0 N–H and O–H groups in total. The Morgan fingerprint density at radius 3 is 1.36 bits per heavy atom. The van der Waals surface area contributed by atoms with Crippen molar-refractivity contribution in [2.75, 3.05) is 27.2 Å². The van der Waals surface area contributed by atoms with Gasteiger partial charge in [-0.15, -0.1) is 0 Å². The van der Waals surface area contributed by atoms with Crippen molar-refractivity contribution in [3.63, 3.8) is 0 Å². The van der Waals surface area contributed by atoms with Crippen LogP contribution in [0.3, 0.4) is 0 Å². The molecule has 136 valence electrons. The van der Waals surface area contributed by atoms with Gasteiger partial charge in [0.1, 0.15) is 0 Å². The molecule has 1 fully saturated rings. The molecule has 0 bridgehead atoms. The monoisotopic (exact) mass is 420 g/mol. The van der Waals surface area contributed by atoms with E-state index in [1.165, 1.54) is 0 Å². The molecule has 1 saturated heterocycles. The number of hydrogen-bond acceptors (Lipinski definition) is 2. The van der Waals surface area contributed by atoms with Gasteiger partial charge in [0, 0.05) is 27.2 Å². The summed E-state index contributed by atoms with van der Waals surface area (Å²) in [5, 5.41) is 0. The number of amidine groups is 2. The van der Waals surface area contributed by atoms with E-state index < -0.39 is 0 Å². The van der Waals surface area contributed by atoms with Gasteiger partial charge in [-0.25, -0.2) is 9.98 Å². The Kier molecular flexibility index (Phi) is 8.26. The summed E-state index contributed by atoms with van der Waals surface area (Å²) in [5.74, 6) is 1.81. The second-order valence-corrected chi connectivity index (χ2v) is 7.06. The Morgan fingerprint density at radius 2 is 1.04 bits per heavy atom. The number of rotatable bonds is 2. The molecule has 1 aliphatic rings. The molecule has 1 heterocycles. The molecule has 0 saturated carbocycles. The van der Waals surface area contributed by atoms with Crippen molar-refractivity contribution in [1.29, 1.82) is 0 Å². The van der Waals surface area contributed by atoms with Crippen molar-refractivity contribution < 1.29 is 12.7 Å². The van der Waals surface area contributed by atoms with E-state index in [1.807, 2.05) is 60.7 Å². The van der Waals surface area contributed by atoms with Crippen LogP contribution in [0.25, 0.3) is 0 Å². The molecule has 2 aromatic rings. The van der Waals surface area contributed by atoms with Crippen LogP contribution >= 0.6 is 20.4 Å². The summed E-state index contributed by atoms with van der Waals surface area (Å²) in [7, 11) is 13.5. The van der Waals surface area contributed by atoms with Crippen molar-refractivity contribution in [1.82, 2.24) is 9.80 Å². The van der Waals surface area contributed by atoms with Gasteiger partial charge in [0.05, 0.1) is 11.4 Å². The zero-order valence-electron chi connectivity index (χ0n) is 14.0. The average Bonchev–Trinajstić information content (AvgIpc) is 2.63. The molecule has 7 heteroatoms. The molecule has 3 rings (SSSR count). The van der Waals surface area contributed by atoms with Crippen LogP contribution in [0.4, 0.5) is 11.4 Å². The zero-order chi connectivity index (χ0) is 18.1. The average molecular weight is 422 g/mol. The summed E-state index contributed by atoms with van der Waals surface area (Å²) >= 11 is 0.569. The van der Waals surface area contributed by atoms with E-state index in [1.54, 1.807) is 0 Å². The van der Waals surface area contributed by atoms with Crippen LogP contribution in [0.5, 0.6) is 0 Å². The summed E-state index contributed by atoms with van der Waals surface area (Å²) < 4.78 is 0. The molecule has 25 heavy (non-hydrogen) atoms. The van der Waals surface area contributed by atoms with Crippen molar-refractivity contribution >= 4 is 43.4 Å². The van der Waals surface area contributed by atoms with Crippen LogP contribution in [0.2, 0.25) is 0 Å². The molecule has 2 aromatic carbocycles. The van der Waals surface area contributed by atoms with Gasteiger partial charge in [-0.1, -0.05) is 36.4 Å². The van der Waals surface area contributed by atoms with Crippen molar-refractivity contribution in [3.8, 4) is 0 Å². The molecule has 0 amide bonds. The maximum absolute atomic E-state index is 4.80. The third kappa shape index (κ3) is 6.03. The minimum atomic E-state index is 0.569. The number of nitrogens with zero attached hydrogens (tertiary/aromatic N) is 4. The van der Waals surface area contributed by atoms with E-state index in [0.717, 1.165) is 36.1 Å². The van der Waals surface area contributed by atoms with Crippen molar-refractivity contribution in [2.24, 2.45) is 9.98 Å². The fourth-order valence-electron chi connectivity index (χ4n) is 2.37. The fraction of sp³-hybridized carbons (Fsp3) is 0.222. The predicted octanol–water partition coefficient (Wildman–Crippen LogP) is 4.70. The predicted molar refractivity (Wildman–Crippen MR) is 104 cm³/mol. The van der Waals surface area contributed by atoms with E-state index in [2.05, 4.69) is 23.9 Å². The van der Waals surface area contributed by atoms with Crippen molar-refractivity contribution in [3.05, 3.63) is 60.7 Å². The number of para-hydroxylation sites is 2. The molecular formula is C18H20Cl2N4Ni. The number of hydrogen-bond donors (Lipinski definition) is 0. The molecule has 1 aliphatic heterocycles. The Bertz CT molecular complexity index is 646. The molecule has 0 atom stereocenters. The topological polar surface area (TPSA) is 31.2 Å². The molecule has 0 aliphatic carbocycles. The first-order chi connectivity index (χ1) is 12.2. The third-order valence-corrected chi connectivity index (χ3v) is 3.68. The molecule has 4 nitrogen and oxygen atoms in total. The Hall–Kier alpha value is -1.55. The normalized spacial score (nSPS) is 17.6. The number of halogens is 2. The van der Waals surface area contributed by atoms with Gasteiger partial charge in [-0.3, -0.25) is 0 Å². The van der Waals surface area contributed by atoms with Crippen LogP contribution in [-0.4, -0.2) is 48.7 Å². The SMILES string of the molecule is CN1CCN(C)C(=Nc2ccccc2)C1=Nc1ccccc1.[Cl][Ni][Cl]. The second-order valence-electron chi connectivity index (χ2n) is 5.43. The van der Waals surface area contributed by atoms with Crippen LogP contribution in [-0.2, 0) is 12.7 Å². The molecular weight excluding hydrogens is 402 g/mol. The summed E-state index contributed by atoms with van der Waals surface area (Å²) in [4.78, 5) is 13.9. The second kappa shape index (κ2) is 10.4. The van der Waals surface area contributed by atoms with E-state index in [0.29, 0.717) is 12.7 Å². The first-order valence-electron chi connectivity index (χ1n) is 7.68. The number of aliphatic imine (C=N–C) groups is 2. The van der Waals surface area contributed by atoms with Gasteiger partial charge in [0.25, 0.3) is 0 Å². The van der Waals surface area contributed by atoms with Crippen LogP contribution in [0.15, 0.2) is 70.6 Å². The van der Waals surface area contributed by atoms with Crippen LogP contribution < -0.4 is 0 Å². The molecule has 0 radical (unpaired) electrons. The first-order valence-corrected chi connectivity index (χ1v) is 10.4. The van der Waals surface area contributed by atoms with Gasteiger partial charge in [-0.2, -0.15) is 0 Å². The van der Waals surface area contributed by atoms with Gasteiger partial charge in [0.15, 0.2) is 11.7 Å². The third-order valence-electron chi connectivity index (χ3n) is 3.68. The molecule has 0 aromatic heterocycles. The van der Waals surface area contributed by atoms with E-state index in [9.17, 15) is 0 Å². The van der Waals surface area contributed by atoms with E-state index in [4.69, 9.17) is 30.4 Å².